The van der Waals surface area contributed by atoms with Crippen LogP contribution in [0.5, 0.6) is 0 Å². The van der Waals surface area contributed by atoms with Crippen LogP contribution in [0.3, 0.4) is 0 Å². The van der Waals surface area contributed by atoms with Crippen molar-refractivity contribution in [1.82, 2.24) is 0 Å². The smallest absolute Gasteiger partial charge is 0.192 e. The molecule has 3 aliphatic carbocycles. The number of allylic oxidation sites excluding steroid dienone is 4. The SMILES string of the molecule is C=C1C(=CC=C2CCC[C@]3(C)C([C@@H](C)SC[C@H](O)C(C)C)=CC[C@@H]23)C[C@@H](O[Si](C)(C)C(C)(C)C)C[C@@H]1O[Si](C)(C)C(C)(C)C. The fourth-order valence-corrected chi connectivity index (χ4v) is 10.9. The largest absolute Gasteiger partial charge is 0.413 e. The van der Waals surface area contributed by atoms with E-state index in [4.69, 9.17) is 8.85 Å². The average Bonchev–Trinajstić information content (AvgIpc) is 3.23. The third-order valence-corrected chi connectivity index (χ3v) is 22.4. The van der Waals surface area contributed by atoms with Gasteiger partial charge >= 0.3 is 0 Å². The maximum absolute atomic E-state index is 10.4. The lowest BCUT2D eigenvalue weighted by molar-refractivity contribution is 0.0969. The van der Waals surface area contributed by atoms with Crippen molar-refractivity contribution in [2.45, 2.75) is 168 Å². The Morgan fingerprint density at radius 2 is 1.61 bits per heavy atom. The second-order valence-electron chi connectivity index (χ2n) is 17.8. The molecule has 2 saturated carbocycles. The van der Waals surface area contributed by atoms with Crippen LogP contribution >= 0.6 is 11.8 Å². The second-order valence-corrected chi connectivity index (χ2v) is 28.7. The number of rotatable bonds is 10. The van der Waals surface area contributed by atoms with Crippen molar-refractivity contribution >= 4 is 28.4 Å². The van der Waals surface area contributed by atoms with Gasteiger partial charge in [0.15, 0.2) is 16.6 Å². The highest BCUT2D eigenvalue weighted by Gasteiger charge is 2.47. The van der Waals surface area contributed by atoms with Gasteiger partial charge in [-0.05, 0) is 104 Å². The number of fused-ring (bicyclic) bond motifs is 1. The van der Waals surface area contributed by atoms with E-state index in [2.05, 4.69) is 120 Å². The summed E-state index contributed by atoms with van der Waals surface area (Å²) in [5, 5.41) is 11.2. The van der Waals surface area contributed by atoms with Crippen LogP contribution in [0.15, 0.2) is 47.1 Å². The summed E-state index contributed by atoms with van der Waals surface area (Å²) in [4.78, 5) is 0. The molecule has 3 aliphatic rings. The first-order valence-electron chi connectivity index (χ1n) is 17.4. The van der Waals surface area contributed by atoms with Gasteiger partial charge in [-0.25, -0.2) is 0 Å². The van der Waals surface area contributed by atoms with E-state index >= 15 is 0 Å². The summed E-state index contributed by atoms with van der Waals surface area (Å²) < 4.78 is 14.1. The van der Waals surface area contributed by atoms with Gasteiger partial charge in [0.1, 0.15) is 0 Å². The molecular weight excluding hydrogens is 593 g/mol. The summed E-state index contributed by atoms with van der Waals surface area (Å²) in [7, 11) is -3.91. The third kappa shape index (κ3) is 8.55. The number of hydrogen-bond acceptors (Lipinski definition) is 4. The first-order valence-corrected chi connectivity index (χ1v) is 24.3. The molecule has 0 spiro atoms. The van der Waals surface area contributed by atoms with E-state index in [0.717, 1.165) is 25.0 Å². The van der Waals surface area contributed by atoms with Crippen molar-refractivity contribution in [3.63, 3.8) is 0 Å². The van der Waals surface area contributed by atoms with Crippen LogP contribution in [0.2, 0.25) is 36.3 Å². The minimum Gasteiger partial charge on any atom is -0.413 e. The highest BCUT2D eigenvalue weighted by atomic mass is 32.2. The van der Waals surface area contributed by atoms with Crippen molar-refractivity contribution in [2.24, 2.45) is 17.3 Å². The Morgan fingerprint density at radius 3 is 2.18 bits per heavy atom. The molecule has 0 aromatic heterocycles. The predicted molar refractivity (Wildman–Crippen MR) is 200 cm³/mol. The molecule has 0 saturated heterocycles. The molecule has 0 aromatic rings. The van der Waals surface area contributed by atoms with E-state index in [9.17, 15) is 5.11 Å². The van der Waals surface area contributed by atoms with Gasteiger partial charge in [-0.15, -0.1) is 0 Å². The molecule has 252 valence electrons. The minimum atomic E-state index is -1.98. The maximum Gasteiger partial charge on any atom is 0.192 e. The van der Waals surface area contributed by atoms with E-state index < -0.39 is 16.6 Å². The van der Waals surface area contributed by atoms with E-state index in [1.165, 1.54) is 30.4 Å². The van der Waals surface area contributed by atoms with Crippen LogP contribution in [-0.4, -0.2) is 51.1 Å². The van der Waals surface area contributed by atoms with Gasteiger partial charge < -0.3 is 14.0 Å². The Kier molecular flexibility index (Phi) is 12.1. The Labute approximate surface area is 279 Å². The number of aliphatic hydroxyl groups is 1. The molecule has 1 N–H and O–H groups in total. The van der Waals surface area contributed by atoms with Crippen LogP contribution in [0.25, 0.3) is 0 Å². The maximum atomic E-state index is 10.4. The zero-order chi connectivity index (χ0) is 33.5. The molecule has 0 radical (unpaired) electrons. The second kappa shape index (κ2) is 14.0. The summed E-state index contributed by atoms with van der Waals surface area (Å²) in [6.07, 6.45) is 14.0. The topological polar surface area (TPSA) is 38.7 Å². The molecule has 6 atom stereocenters. The number of hydrogen-bond donors (Lipinski definition) is 1. The Balaban J connectivity index is 1.87. The molecule has 3 nitrogen and oxygen atoms in total. The predicted octanol–water partition coefficient (Wildman–Crippen LogP) is 11.2. The van der Waals surface area contributed by atoms with Crippen molar-refractivity contribution in [3.8, 4) is 0 Å². The van der Waals surface area contributed by atoms with E-state index in [1.807, 2.05) is 11.8 Å². The molecule has 0 aliphatic heterocycles. The molecule has 6 heteroatoms. The Morgan fingerprint density at radius 1 is 1.02 bits per heavy atom. The molecule has 3 rings (SSSR count). The molecule has 0 unspecified atom stereocenters. The highest BCUT2D eigenvalue weighted by molar-refractivity contribution is 8.00. The molecular formula is C38H68O3SSi2. The van der Waals surface area contributed by atoms with Gasteiger partial charge in [-0.3, -0.25) is 0 Å². The summed E-state index contributed by atoms with van der Waals surface area (Å²) >= 11 is 1.93. The van der Waals surface area contributed by atoms with Crippen molar-refractivity contribution in [1.29, 1.82) is 0 Å². The van der Waals surface area contributed by atoms with E-state index in [-0.39, 0.29) is 33.8 Å². The fraction of sp³-hybridized carbons (Fsp3) is 0.789. The van der Waals surface area contributed by atoms with Gasteiger partial charge in [-0.2, -0.15) is 11.8 Å². The van der Waals surface area contributed by atoms with Gasteiger partial charge in [-0.1, -0.05) is 98.3 Å². The lowest BCUT2D eigenvalue weighted by atomic mass is 9.64. The molecule has 44 heavy (non-hydrogen) atoms. The highest BCUT2D eigenvalue weighted by Crippen LogP contribution is 2.57. The fourth-order valence-electron chi connectivity index (χ4n) is 6.77. The van der Waals surface area contributed by atoms with E-state index in [0.29, 0.717) is 17.1 Å². The quantitative estimate of drug-likeness (QED) is 0.187. The molecule has 0 heterocycles. The average molecular weight is 661 g/mol. The van der Waals surface area contributed by atoms with Crippen molar-refractivity contribution in [2.75, 3.05) is 5.75 Å². The molecule has 2 fully saturated rings. The standard InChI is InChI=1S/C38H68O3SSi2/c1-26(2)34(39)25-42-28(4)32-20-21-33-29(17-16-22-38(32,33)11)18-19-30-23-31(40-43(12,13)36(5,6)7)24-35(27(30)3)41-44(14,15)37(8,9)10/h18-20,26,28,31,33-35,39H,3,16-17,21-25H2,1-2,4-15H3/t28-,31-,33+,34+,35+,38-/m1/s1. The van der Waals surface area contributed by atoms with Crippen LogP contribution in [0.1, 0.15) is 108 Å². The van der Waals surface area contributed by atoms with Crippen molar-refractivity contribution in [3.05, 3.63) is 47.1 Å². The normalized spacial score (nSPS) is 30.6. The zero-order valence-corrected chi connectivity index (χ0v) is 33.8. The summed E-state index contributed by atoms with van der Waals surface area (Å²) in [6, 6.07) is 0. The minimum absolute atomic E-state index is 0.0134. The first-order chi connectivity index (χ1) is 20.0. The number of aliphatic hydroxyl groups excluding tert-OH is 1. The van der Waals surface area contributed by atoms with Gasteiger partial charge in [0.05, 0.1) is 18.3 Å². The van der Waals surface area contributed by atoms with Crippen LogP contribution in [0, 0.1) is 17.3 Å². The van der Waals surface area contributed by atoms with Crippen molar-refractivity contribution < 1.29 is 14.0 Å². The molecule has 0 bridgehead atoms. The van der Waals surface area contributed by atoms with Crippen LogP contribution in [-0.2, 0) is 8.85 Å². The Bertz CT molecular complexity index is 1120. The lowest BCUT2D eigenvalue weighted by Crippen LogP contribution is -2.49. The van der Waals surface area contributed by atoms with Crippen LogP contribution < -0.4 is 0 Å². The number of thioether (sulfide) groups is 1. The van der Waals surface area contributed by atoms with Crippen LogP contribution in [0.4, 0.5) is 0 Å². The summed E-state index contributed by atoms with van der Waals surface area (Å²) in [6.45, 7) is 37.2. The molecule has 0 amide bonds. The summed E-state index contributed by atoms with van der Waals surface area (Å²) in [5.74, 6) is 1.68. The zero-order valence-electron chi connectivity index (χ0n) is 31.0. The molecule has 0 aromatic carbocycles. The summed E-state index contributed by atoms with van der Waals surface area (Å²) in [5.41, 5.74) is 5.90. The Hall–Kier alpha value is -0.376. The third-order valence-electron chi connectivity index (χ3n) is 12.1. The van der Waals surface area contributed by atoms with Gasteiger partial charge in [0.2, 0.25) is 0 Å². The van der Waals surface area contributed by atoms with E-state index in [1.54, 1.807) is 11.1 Å². The van der Waals surface area contributed by atoms with Gasteiger partial charge in [0.25, 0.3) is 0 Å². The first kappa shape index (κ1) is 38.1. The van der Waals surface area contributed by atoms with Gasteiger partial charge in [0, 0.05) is 17.4 Å². The monoisotopic (exact) mass is 660 g/mol. The lowest BCUT2D eigenvalue weighted by Gasteiger charge is -2.45.